The molecule has 0 aliphatic heterocycles. The van der Waals surface area contributed by atoms with Crippen molar-refractivity contribution in [3.63, 3.8) is 0 Å². The van der Waals surface area contributed by atoms with Crippen LogP contribution in [0.15, 0.2) is 30.3 Å². The highest BCUT2D eigenvalue weighted by atomic mass is 16.5. The van der Waals surface area contributed by atoms with Crippen LogP contribution < -0.4 is 5.32 Å². The lowest BCUT2D eigenvalue weighted by Crippen LogP contribution is -2.27. The van der Waals surface area contributed by atoms with Gasteiger partial charge in [-0.15, -0.1) is 0 Å². The van der Waals surface area contributed by atoms with Crippen molar-refractivity contribution in [2.75, 3.05) is 19.8 Å². The van der Waals surface area contributed by atoms with E-state index in [-0.39, 0.29) is 0 Å². The summed E-state index contributed by atoms with van der Waals surface area (Å²) >= 11 is 0. The molecule has 0 spiro atoms. The average molecular weight is 263 g/mol. The van der Waals surface area contributed by atoms with Crippen molar-refractivity contribution in [1.82, 2.24) is 5.32 Å². The first-order valence-corrected chi connectivity index (χ1v) is 7.51. The summed E-state index contributed by atoms with van der Waals surface area (Å²) in [7, 11) is 0. The molecule has 108 valence electrons. The molecule has 2 atom stereocenters. The number of ether oxygens (including phenoxy) is 1. The number of rotatable bonds is 9. The predicted molar refractivity (Wildman–Crippen MR) is 82.3 cm³/mol. The van der Waals surface area contributed by atoms with Crippen LogP contribution in [0.5, 0.6) is 0 Å². The van der Waals surface area contributed by atoms with Gasteiger partial charge in [0.25, 0.3) is 0 Å². The van der Waals surface area contributed by atoms with Crippen molar-refractivity contribution in [3.05, 3.63) is 35.9 Å². The Morgan fingerprint density at radius 2 is 1.79 bits per heavy atom. The summed E-state index contributed by atoms with van der Waals surface area (Å²) in [6.45, 7) is 11.6. The van der Waals surface area contributed by atoms with E-state index in [0.717, 1.165) is 26.2 Å². The molecule has 0 aliphatic rings. The number of hydrogen-bond acceptors (Lipinski definition) is 2. The Labute approximate surface area is 118 Å². The summed E-state index contributed by atoms with van der Waals surface area (Å²) in [5, 5.41) is 3.59. The molecule has 0 radical (unpaired) electrons. The Balaban J connectivity index is 2.47. The minimum atomic E-state index is 0.425. The summed E-state index contributed by atoms with van der Waals surface area (Å²) in [5.74, 6) is 1.20. The topological polar surface area (TPSA) is 21.3 Å². The first-order valence-electron chi connectivity index (χ1n) is 7.51. The molecule has 0 aromatic heterocycles. The average Bonchev–Trinajstić information content (AvgIpc) is 2.41. The van der Waals surface area contributed by atoms with Crippen molar-refractivity contribution >= 4 is 0 Å². The molecule has 0 heterocycles. The number of nitrogens with one attached hydrogen (secondary N) is 1. The molecule has 0 saturated heterocycles. The molecule has 1 N–H and O–H groups in total. The van der Waals surface area contributed by atoms with Crippen LogP contribution in [-0.4, -0.2) is 19.8 Å². The summed E-state index contributed by atoms with van der Waals surface area (Å²) in [6.07, 6.45) is 1.10. The van der Waals surface area contributed by atoms with Crippen molar-refractivity contribution in [2.45, 2.75) is 40.2 Å². The van der Waals surface area contributed by atoms with Crippen LogP contribution in [0.25, 0.3) is 0 Å². The van der Waals surface area contributed by atoms with Gasteiger partial charge < -0.3 is 10.1 Å². The second-order valence-corrected chi connectivity index (χ2v) is 5.68. The second kappa shape index (κ2) is 9.11. The maximum absolute atomic E-state index is 5.70. The van der Waals surface area contributed by atoms with E-state index in [2.05, 4.69) is 63.3 Å². The third kappa shape index (κ3) is 6.22. The number of benzene rings is 1. The summed E-state index contributed by atoms with van der Waals surface area (Å²) in [6, 6.07) is 11.1. The third-order valence-corrected chi connectivity index (χ3v) is 3.32. The molecular weight excluding hydrogens is 234 g/mol. The van der Waals surface area contributed by atoms with E-state index in [0.29, 0.717) is 17.9 Å². The smallest absolute Gasteiger partial charge is 0.0488 e. The second-order valence-electron chi connectivity index (χ2n) is 5.68. The summed E-state index contributed by atoms with van der Waals surface area (Å²) in [5.41, 5.74) is 1.38. The van der Waals surface area contributed by atoms with Gasteiger partial charge in [0.15, 0.2) is 0 Å². The summed E-state index contributed by atoms with van der Waals surface area (Å²) < 4.78 is 5.70. The Morgan fingerprint density at radius 1 is 1.11 bits per heavy atom. The zero-order chi connectivity index (χ0) is 14.1. The molecule has 0 bridgehead atoms. The van der Waals surface area contributed by atoms with Gasteiger partial charge >= 0.3 is 0 Å². The fraction of sp³-hybridized carbons (Fsp3) is 0.647. The number of hydrogen-bond donors (Lipinski definition) is 1. The maximum atomic E-state index is 5.70. The van der Waals surface area contributed by atoms with Crippen LogP contribution >= 0.6 is 0 Å². The van der Waals surface area contributed by atoms with E-state index >= 15 is 0 Å². The molecule has 19 heavy (non-hydrogen) atoms. The van der Waals surface area contributed by atoms with E-state index in [4.69, 9.17) is 4.74 Å². The first kappa shape index (κ1) is 16.2. The van der Waals surface area contributed by atoms with Gasteiger partial charge in [-0.3, -0.25) is 0 Å². The molecule has 0 fully saturated rings. The monoisotopic (exact) mass is 263 g/mol. The lowest BCUT2D eigenvalue weighted by atomic mass is 9.92. The van der Waals surface area contributed by atoms with Crippen LogP contribution in [0, 0.1) is 11.8 Å². The van der Waals surface area contributed by atoms with Gasteiger partial charge in [0, 0.05) is 19.3 Å². The zero-order valence-electron chi connectivity index (χ0n) is 12.9. The van der Waals surface area contributed by atoms with Crippen molar-refractivity contribution in [2.24, 2.45) is 11.8 Å². The molecule has 1 rings (SSSR count). The Morgan fingerprint density at radius 3 is 2.37 bits per heavy atom. The lowest BCUT2D eigenvalue weighted by molar-refractivity contribution is 0.0951. The van der Waals surface area contributed by atoms with Crippen molar-refractivity contribution < 1.29 is 4.74 Å². The Kier molecular flexibility index (Phi) is 7.76. The van der Waals surface area contributed by atoms with Gasteiger partial charge in [0.2, 0.25) is 0 Å². The van der Waals surface area contributed by atoms with E-state index in [1.54, 1.807) is 0 Å². The van der Waals surface area contributed by atoms with Crippen LogP contribution in [-0.2, 0) is 4.74 Å². The standard InChI is InChI=1S/C17H29NO/c1-5-18-17(16-9-7-6-8-10-16)15(4)11-12-19-13-14(2)3/h6-10,14-15,17-18H,5,11-13H2,1-4H3. The van der Waals surface area contributed by atoms with E-state index < -0.39 is 0 Å². The Hall–Kier alpha value is -0.860. The fourth-order valence-electron chi connectivity index (χ4n) is 2.28. The molecule has 2 heteroatoms. The highest BCUT2D eigenvalue weighted by molar-refractivity contribution is 5.19. The quantitative estimate of drug-likeness (QED) is 0.679. The van der Waals surface area contributed by atoms with Gasteiger partial charge in [-0.25, -0.2) is 0 Å². The van der Waals surface area contributed by atoms with E-state index in [1.807, 2.05) is 0 Å². The predicted octanol–water partition coefficient (Wildman–Crippen LogP) is 4.04. The molecule has 0 saturated carbocycles. The van der Waals surface area contributed by atoms with Gasteiger partial charge in [-0.05, 0) is 30.4 Å². The molecule has 1 aromatic carbocycles. The van der Waals surface area contributed by atoms with E-state index in [9.17, 15) is 0 Å². The zero-order valence-corrected chi connectivity index (χ0v) is 12.9. The molecule has 0 aliphatic carbocycles. The van der Waals surface area contributed by atoms with Crippen molar-refractivity contribution in [1.29, 1.82) is 0 Å². The van der Waals surface area contributed by atoms with Gasteiger partial charge in [-0.1, -0.05) is 58.0 Å². The van der Waals surface area contributed by atoms with Crippen molar-refractivity contribution in [3.8, 4) is 0 Å². The van der Waals surface area contributed by atoms with Gasteiger partial charge in [0.05, 0.1) is 0 Å². The van der Waals surface area contributed by atoms with Crippen LogP contribution in [0.4, 0.5) is 0 Å². The van der Waals surface area contributed by atoms with Crippen LogP contribution in [0.2, 0.25) is 0 Å². The minimum absolute atomic E-state index is 0.425. The molecule has 1 aromatic rings. The highest BCUT2D eigenvalue weighted by Crippen LogP contribution is 2.24. The molecular formula is C17H29NO. The molecule has 2 nitrogen and oxygen atoms in total. The van der Waals surface area contributed by atoms with Crippen LogP contribution in [0.1, 0.15) is 45.7 Å². The largest absolute Gasteiger partial charge is 0.381 e. The van der Waals surface area contributed by atoms with Crippen LogP contribution in [0.3, 0.4) is 0 Å². The third-order valence-electron chi connectivity index (χ3n) is 3.32. The highest BCUT2D eigenvalue weighted by Gasteiger charge is 2.17. The van der Waals surface area contributed by atoms with Gasteiger partial charge in [-0.2, -0.15) is 0 Å². The molecule has 2 unspecified atom stereocenters. The fourth-order valence-corrected chi connectivity index (χ4v) is 2.28. The van der Waals surface area contributed by atoms with E-state index in [1.165, 1.54) is 5.56 Å². The van der Waals surface area contributed by atoms with Gasteiger partial charge in [0.1, 0.15) is 0 Å². The summed E-state index contributed by atoms with van der Waals surface area (Å²) in [4.78, 5) is 0. The lowest BCUT2D eigenvalue weighted by Gasteiger charge is -2.25. The molecule has 0 amide bonds. The normalized spacial score (nSPS) is 14.6. The SMILES string of the molecule is CCNC(c1ccccc1)C(C)CCOCC(C)C. The minimum Gasteiger partial charge on any atom is -0.381 e. The maximum Gasteiger partial charge on any atom is 0.0488 e. The first-order chi connectivity index (χ1) is 9.15. The Bertz CT molecular complexity index is 323.